The lowest BCUT2D eigenvalue weighted by Gasteiger charge is -2.40. The first kappa shape index (κ1) is 19.7. The van der Waals surface area contributed by atoms with E-state index in [4.69, 9.17) is 10.1 Å². The van der Waals surface area contributed by atoms with Crippen LogP contribution in [-0.2, 0) is 6.42 Å². The fraction of sp³-hybridized carbons (Fsp3) is 0.385. The molecule has 5 heteroatoms. The fourth-order valence-electron chi connectivity index (χ4n) is 5.15. The van der Waals surface area contributed by atoms with Gasteiger partial charge in [-0.15, -0.1) is 0 Å². The van der Waals surface area contributed by atoms with Crippen LogP contribution >= 0.6 is 0 Å². The van der Waals surface area contributed by atoms with Crippen molar-refractivity contribution >= 4 is 16.6 Å². The second-order valence-corrected chi connectivity index (χ2v) is 8.97. The number of hydrogen-bond donors (Lipinski definition) is 0. The SMILES string of the molecule is Cc1cccc(/C(Cc2ccnc3ccc(C#N)cc23)=N\N2CC3CCCC(C3)C2)n1. The Labute approximate surface area is 183 Å². The van der Waals surface area contributed by atoms with Gasteiger partial charge in [0.2, 0.25) is 0 Å². The molecule has 3 aromatic rings. The molecule has 3 heterocycles. The maximum Gasteiger partial charge on any atom is 0.0991 e. The van der Waals surface area contributed by atoms with E-state index < -0.39 is 0 Å². The van der Waals surface area contributed by atoms with Crippen molar-refractivity contribution in [2.45, 2.75) is 39.0 Å². The quantitative estimate of drug-likeness (QED) is 0.576. The van der Waals surface area contributed by atoms with Crippen LogP contribution < -0.4 is 0 Å². The first-order valence-electron chi connectivity index (χ1n) is 11.2. The van der Waals surface area contributed by atoms with Gasteiger partial charge in [0.15, 0.2) is 0 Å². The first-order valence-corrected chi connectivity index (χ1v) is 11.2. The van der Waals surface area contributed by atoms with Gasteiger partial charge in [-0.25, -0.2) is 0 Å². The second-order valence-electron chi connectivity index (χ2n) is 8.97. The van der Waals surface area contributed by atoms with Gasteiger partial charge in [0.05, 0.1) is 28.6 Å². The molecule has 2 aliphatic rings. The third-order valence-electron chi connectivity index (χ3n) is 6.59. The minimum Gasteiger partial charge on any atom is -0.296 e. The smallest absolute Gasteiger partial charge is 0.0991 e. The minimum absolute atomic E-state index is 0.651. The predicted molar refractivity (Wildman–Crippen MR) is 123 cm³/mol. The van der Waals surface area contributed by atoms with Crippen molar-refractivity contribution in [3.8, 4) is 6.07 Å². The molecule has 0 spiro atoms. The van der Waals surface area contributed by atoms with Gasteiger partial charge in [-0.2, -0.15) is 10.4 Å². The maximum atomic E-state index is 9.36. The zero-order valence-electron chi connectivity index (χ0n) is 18.0. The average Bonchev–Trinajstić information content (AvgIpc) is 2.78. The molecule has 0 N–H and O–H groups in total. The molecule has 2 unspecified atom stereocenters. The largest absolute Gasteiger partial charge is 0.296 e. The summed E-state index contributed by atoms with van der Waals surface area (Å²) in [7, 11) is 0. The Bertz CT molecular complexity index is 1160. The van der Waals surface area contributed by atoms with E-state index in [9.17, 15) is 5.26 Å². The number of rotatable bonds is 4. The summed E-state index contributed by atoms with van der Waals surface area (Å²) in [6.07, 6.45) is 7.88. The molecular formula is C26H27N5. The molecule has 2 atom stereocenters. The lowest BCUT2D eigenvalue weighted by molar-refractivity contribution is 0.0891. The molecule has 5 rings (SSSR count). The number of hydrogen-bond acceptors (Lipinski definition) is 5. The molecule has 1 aromatic carbocycles. The van der Waals surface area contributed by atoms with Crippen molar-refractivity contribution in [1.29, 1.82) is 5.26 Å². The number of aromatic nitrogens is 2. The van der Waals surface area contributed by atoms with Crippen LogP contribution in [0.2, 0.25) is 0 Å². The molecule has 1 aliphatic carbocycles. The van der Waals surface area contributed by atoms with Crippen LogP contribution in [0.15, 0.2) is 53.8 Å². The van der Waals surface area contributed by atoms with E-state index in [-0.39, 0.29) is 0 Å². The Kier molecular flexibility index (Phi) is 5.38. The van der Waals surface area contributed by atoms with E-state index in [1.54, 1.807) is 0 Å². The summed E-state index contributed by atoms with van der Waals surface area (Å²) >= 11 is 0. The highest BCUT2D eigenvalue weighted by Crippen LogP contribution is 2.34. The first-order chi connectivity index (χ1) is 15.2. The molecule has 5 nitrogen and oxygen atoms in total. The summed E-state index contributed by atoms with van der Waals surface area (Å²) in [4.78, 5) is 9.29. The molecule has 2 bridgehead atoms. The highest BCUT2D eigenvalue weighted by atomic mass is 15.5. The number of benzene rings is 1. The van der Waals surface area contributed by atoms with Crippen LogP contribution in [0, 0.1) is 30.1 Å². The Morgan fingerprint density at radius 1 is 1.16 bits per heavy atom. The molecule has 1 saturated carbocycles. The number of hydrazone groups is 1. The van der Waals surface area contributed by atoms with Gasteiger partial charge in [-0.05, 0) is 80.0 Å². The molecule has 156 valence electrons. The Morgan fingerprint density at radius 3 is 2.77 bits per heavy atom. The number of fused-ring (bicyclic) bond motifs is 3. The molecule has 1 saturated heterocycles. The van der Waals surface area contributed by atoms with Crippen molar-refractivity contribution in [2.75, 3.05) is 13.1 Å². The zero-order chi connectivity index (χ0) is 21.2. The molecular weight excluding hydrogens is 382 g/mol. The number of nitrogens with zero attached hydrogens (tertiary/aromatic N) is 5. The Balaban J connectivity index is 1.54. The van der Waals surface area contributed by atoms with Crippen molar-refractivity contribution < 1.29 is 0 Å². The van der Waals surface area contributed by atoms with Gasteiger partial charge in [0.25, 0.3) is 0 Å². The number of aryl methyl sites for hydroxylation is 1. The van der Waals surface area contributed by atoms with Crippen molar-refractivity contribution in [1.82, 2.24) is 15.0 Å². The lowest BCUT2D eigenvalue weighted by Crippen LogP contribution is -2.40. The summed E-state index contributed by atoms with van der Waals surface area (Å²) < 4.78 is 0. The van der Waals surface area contributed by atoms with Crippen LogP contribution in [-0.4, -0.2) is 33.8 Å². The summed E-state index contributed by atoms with van der Waals surface area (Å²) in [6.45, 7) is 4.11. The third-order valence-corrected chi connectivity index (χ3v) is 6.59. The van der Waals surface area contributed by atoms with Crippen LogP contribution in [0.3, 0.4) is 0 Å². The molecule has 1 aliphatic heterocycles. The normalized spacial score (nSPS) is 21.2. The van der Waals surface area contributed by atoms with Gasteiger partial charge in [-0.3, -0.25) is 15.0 Å². The molecule has 0 radical (unpaired) electrons. The summed E-state index contributed by atoms with van der Waals surface area (Å²) in [5, 5.41) is 17.8. The standard InChI is InChI=1S/C26H27N5/c1-18-4-2-7-25(29-18)26(30-31-16-20-5-3-6-21(12-20)17-31)14-22-10-11-28-24-9-8-19(15-27)13-23(22)24/h2,4,7-11,13,20-21H,3,5-6,12,14,16-17H2,1H3/b30-26-. The lowest BCUT2D eigenvalue weighted by atomic mass is 9.78. The average molecular weight is 410 g/mol. The number of pyridine rings is 2. The zero-order valence-corrected chi connectivity index (χ0v) is 18.0. The fourth-order valence-corrected chi connectivity index (χ4v) is 5.15. The molecule has 2 fully saturated rings. The van der Waals surface area contributed by atoms with E-state index in [1.165, 1.54) is 25.7 Å². The van der Waals surface area contributed by atoms with Crippen LogP contribution in [0.1, 0.15) is 48.2 Å². The van der Waals surface area contributed by atoms with Gasteiger partial charge in [0.1, 0.15) is 0 Å². The van der Waals surface area contributed by atoms with E-state index >= 15 is 0 Å². The second kappa shape index (κ2) is 8.47. The van der Waals surface area contributed by atoms with E-state index in [0.29, 0.717) is 12.0 Å². The summed E-state index contributed by atoms with van der Waals surface area (Å²) in [6, 6.07) is 16.1. The van der Waals surface area contributed by atoms with Crippen LogP contribution in [0.25, 0.3) is 10.9 Å². The predicted octanol–water partition coefficient (Wildman–Crippen LogP) is 4.88. The minimum atomic E-state index is 0.651. The molecule has 2 aromatic heterocycles. The molecule has 31 heavy (non-hydrogen) atoms. The monoisotopic (exact) mass is 409 g/mol. The summed E-state index contributed by atoms with van der Waals surface area (Å²) in [5.41, 5.74) is 5.59. The van der Waals surface area contributed by atoms with Gasteiger partial charge in [0, 0.05) is 36.8 Å². The Hall–Kier alpha value is -3.26. The summed E-state index contributed by atoms with van der Waals surface area (Å²) in [5.74, 6) is 1.53. The van der Waals surface area contributed by atoms with Crippen molar-refractivity contribution in [3.05, 3.63) is 71.2 Å². The van der Waals surface area contributed by atoms with Crippen molar-refractivity contribution in [2.24, 2.45) is 16.9 Å². The van der Waals surface area contributed by atoms with Crippen LogP contribution in [0.4, 0.5) is 0 Å². The highest BCUT2D eigenvalue weighted by Gasteiger charge is 2.30. The molecule has 0 amide bonds. The third kappa shape index (κ3) is 4.29. The van der Waals surface area contributed by atoms with Gasteiger partial charge < -0.3 is 0 Å². The van der Waals surface area contributed by atoms with E-state index in [0.717, 1.165) is 58.5 Å². The van der Waals surface area contributed by atoms with Crippen LogP contribution in [0.5, 0.6) is 0 Å². The van der Waals surface area contributed by atoms with E-state index in [1.807, 2.05) is 43.5 Å². The number of nitriles is 1. The van der Waals surface area contributed by atoms with Crippen molar-refractivity contribution in [3.63, 3.8) is 0 Å². The topological polar surface area (TPSA) is 65.2 Å². The number of piperidine rings is 1. The van der Waals surface area contributed by atoms with Gasteiger partial charge >= 0.3 is 0 Å². The maximum absolute atomic E-state index is 9.36. The highest BCUT2D eigenvalue weighted by molar-refractivity contribution is 6.02. The Morgan fingerprint density at radius 2 is 2.00 bits per heavy atom. The van der Waals surface area contributed by atoms with E-state index in [2.05, 4.69) is 28.2 Å². The van der Waals surface area contributed by atoms with Gasteiger partial charge in [-0.1, -0.05) is 12.5 Å².